The Morgan fingerprint density at radius 2 is 2.20 bits per heavy atom. The summed E-state index contributed by atoms with van der Waals surface area (Å²) in [7, 11) is 1.10. The largest absolute Gasteiger partial charge is 0.329 e. The van der Waals surface area contributed by atoms with Gasteiger partial charge in [-0.05, 0) is 0 Å². The lowest BCUT2D eigenvalue weighted by Crippen LogP contribution is -2.17. The van der Waals surface area contributed by atoms with Crippen molar-refractivity contribution in [3.8, 4) is 0 Å². The molecular weight excluding hydrogens is 157 g/mol. The molecule has 0 aliphatic heterocycles. The van der Waals surface area contributed by atoms with E-state index in [0.29, 0.717) is 6.54 Å². The van der Waals surface area contributed by atoms with Gasteiger partial charge in [0.1, 0.15) is 0 Å². The first-order valence-electron chi connectivity index (χ1n) is 2.73. The summed E-state index contributed by atoms with van der Waals surface area (Å²) < 4.78 is 9.13. The van der Waals surface area contributed by atoms with Gasteiger partial charge in [0.15, 0.2) is 0 Å². The Labute approximate surface area is 61.1 Å². The van der Waals surface area contributed by atoms with Crippen molar-refractivity contribution < 1.29 is 19.1 Å². The molecule has 0 saturated heterocycles. The average Bonchev–Trinajstić information content (AvgIpc) is 1.87. The van der Waals surface area contributed by atoms with Crippen LogP contribution in [0.3, 0.4) is 0 Å². The third-order valence-corrected chi connectivity index (χ3v) is 1.49. The maximum absolute atomic E-state index is 8.69. The lowest BCUT2D eigenvalue weighted by molar-refractivity contribution is -0.0719. The van der Waals surface area contributed by atoms with E-state index in [0.717, 1.165) is 5.06 Å². The highest BCUT2D eigenvalue weighted by Crippen LogP contribution is 2.30. The van der Waals surface area contributed by atoms with Crippen molar-refractivity contribution in [2.24, 2.45) is 0 Å². The lowest BCUT2D eigenvalue weighted by Gasteiger charge is -2.09. The molecule has 0 aliphatic rings. The minimum absolute atomic E-state index is 0.253. The number of hydrogen-bond donors (Lipinski definition) is 2. The first-order valence-corrected chi connectivity index (χ1v) is 3.86. The van der Waals surface area contributed by atoms with Crippen LogP contribution in [0, 0.1) is 0 Å². The normalized spacial score (nSPS) is 14.1. The standard InChI is InChI=1S/C4H12NO4P/c1-5(6)3-4-9-10(7)8-2/h6-7H,3-4H2,1-2H3. The van der Waals surface area contributed by atoms with Crippen molar-refractivity contribution in [3.63, 3.8) is 0 Å². The first-order chi connectivity index (χ1) is 4.66. The highest BCUT2D eigenvalue weighted by molar-refractivity contribution is 7.40. The fourth-order valence-corrected chi connectivity index (χ4v) is 0.647. The first kappa shape index (κ1) is 10.2. The summed E-state index contributed by atoms with van der Waals surface area (Å²) in [6.45, 7) is 0.603. The number of hydroxylamine groups is 2. The van der Waals surface area contributed by atoms with E-state index < -0.39 is 8.60 Å². The van der Waals surface area contributed by atoms with Gasteiger partial charge >= 0.3 is 8.60 Å². The molecule has 0 heterocycles. The molecule has 1 atom stereocenters. The molecule has 62 valence electrons. The van der Waals surface area contributed by atoms with E-state index in [1.165, 1.54) is 14.2 Å². The summed E-state index contributed by atoms with van der Waals surface area (Å²) in [5.74, 6) is 0. The van der Waals surface area contributed by atoms with Crippen LogP contribution >= 0.6 is 8.60 Å². The van der Waals surface area contributed by atoms with Crippen molar-refractivity contribution in [3.05, 3.63) is 0 Å². The van der Waals surface area contributed by atoms with Gasteiger partial charge in [0.2, 0.25) is 0 Å². The van der Waals surface area contributed by atoms with E-state index in [1.807, 2.05) is 0 Å². The Bertz CT molecular complexity index is 81.7. The predicted molar refractivity (Wildman–Crippen MR) is 36.5 cm³/mol. The van der Waals surface area contributed by atoms with E-state index in [9.17, 15) is 0 Å². The Morgan fingerprint density at radius 3 is 2.60 bits per heavy atom. The number of likely N-dealkylation sites (N-methyl/N-ethyl adjacent to an activating group) is 1. The molecule has 0 saturated carbocycles. The van der Waals surface area contributed by atoms with Crippen molar-refractivity contribution in [2.45, 2.75) is 0 Å². The molecule has 2 N–H and O–H groups in total. The van der Waals surface area contributed by atoms with Gasteiger partial charge in [0.25, 0.3) is 0 Å². The summed E-state index contributed by atoms with van der Waals surface area (Å²) in [6, 6.07) is 0. The molecule has 0 aromatic rings. The zero-order valence-electron chi connectivity index (χ0n) is 6.02. The van der Waals surface area contributed by atoms with Crippen LogP contribution < -0.4 is 0 Å². The summed E-state index contributed by atoms with van der Waals surface area (Å²) in [5.41, 5.74) is 0. The maximum Gasteiger partial charge on any atom is 0.329 e. The monoisotopic (exact) mass is 169 g/mol. The highest BCUT2D eigenvalue weighted by atomic mass is 31.2. The molecule has 1 unspecified atom stereocenters. The molecule has 0 radical (unpaired) electrons. The van der Waals surface area contributed by atoms with E-state index in [-0.39, 0.29) is 6.61 Å². The number of rotatable bonds is 5. The quantitative estimate of drug-likeness (QED) is 0.454. The van der Waals surface area contributed by atoms with Crippen molar-refractivity contribution in [2.75, 3.05) is 27.3 Å². The van der Waals surface area contributed by atoms with Crippen LogP contribution in [0.4, 0.5) is 0 Å². The van der Waals surface area contributed by atoms with Crippen molar-refractivity contribution in [1.82, 2.24) is 5.06 Å². The van der Waals surface area contributed by atoms with E-state index in [1.54, 1.807) is 0 Å². The van der Waals surface area contributed by atoms with Gasteiger partial charge in [-0.3, -0.25) is 0 Å². The average molecular weight is 169 g/mol. The zero-order chi connectivity index (χ0) is 7.98. The second-order valence-corrected chi connectivity index (χ2v) is 2.73. The van der Waals surface area contributed by atoms with Crippen LogP contribution in [0.5, 0.6) is 0 Å². The Morgan fingerprint density at radius 1 is 1.60 bits per heavy atom. The van der Waals surface area contributed by atoms with E-state index in [2.05, 4.69) is 4.52 Å². The molecule has 5 nitrogen and oxygen atoms in total. The van der Waals surface area contributed by atoms with Gasteiger partial charge in [-0.1, -0.05) is 0 Å². The van der Waals surface area contributed by atoms with Gasteiger partial charge < -0.3 is 19.1 Å². The Balaban J connectivity index is 3.03. The molecule has 10 heavy (non-hydrogen) atoms. The van der Waals surface area contributed by atoms with E-state index in [4.69, 9.17) is 14.6 Å². The third kappa shape index (κ3) is 6.35. The van der Waals surface area contributed by atoms with Crippen LogP contribution in [0.25, 0.3) is 0 Å². The SMILES string of the molecule is COP(O)OCCN(C)O. The van der Waals surface area contributed by atoms with Gasteiger partial charge in [0.05, 0.1) is 6.61 Å². The van der Waals surface area contributed by atoms with Gasteiger partial charge in [0, 0.05) is 20.7 Å². The molecule has 0 rings (SSSR count). The summed E-state index contributed by atoms with van der Waals surface area (Å²) >= 11 is 0. The fourth-order valence-electron chi connectivity index (χ4n) is 0.304. The molecule has 0 aliphatic carbocycles. The molecule has 0 aromatic heterocycles. The second kappa shape index (κ2) is 5.97. The molecule has 0 bridgehead atoms. The van der Waals surface area contributed by atoms with Crippen LogP contribution in [-0.2, 0) is 9.05 Å². The van der Waals surface area contributed by atoms with Crippen LogP contribution in [0.2, 0.25) is 0 Å². The lowest BCUT2D eigenvalue weighted by atomic mass is 10.7. The maximum atomic E-state index is 8.69. The highest BCUT2D eigenvalue weighted by Gasteiger charge is 2.02. The smallest absolute Gasteiger partial charge is 0.328 e. The van der Waals surface area contributed by atoms with Gasteiger partial charge in [-0.15, -0.1) is 0 Å². The summed E-state index contributed by atoms with van der Waals surface area (Å²) in [6.07, 6.45) is 0. The number of hydrogen-bond acceptors (Lipinski definition) is 5. The van der Waals surface area contributed by atoms with Gasteiger partial charge in [-0.25, -0.2) is 0 Å². The van der Waals surface area contributed by atoms with Gasteiger partial charge in [-0.2, -0.15) is 5.06 Å². The van der Waals surface area contributed by atoms with E-state index >= 15 is 0 Å². The minimum Gasteiger partial charge on any atom is -0.328 e. The number of nitrogens with zero attached hydrogens (tertiary/aromatic N) is 1. The molecule has 0 fully saturated rings. The molecule has 0 amide bonds. The fraction of sp³-hybridized carbons (Fsp3) is 1.00. The van der Waals surface area contributed by atoms with Crippen LogP contribution in [-0.4, -0.2) is 42.5 Å². The minimum atomic E-state index is -1.75. The molecular formula is C4H12NO4P. The Hall–Kier alpha value is 0.230. The zero-order valence-corrected chi connectivity index (χ0v) is 6.91. The molecule has 6 heteroatoms. The second-order valence-electron chi connectivity index (χ2n) is 1.63. The summed E-state index contributed by atoms with van der Waals surface area (Å²) in [4.78, 5) is 8.69. The van der Waals surface area contributed by atoms with Crippen molar-refractivity contribution >= 4 is 8.60 Å². The molecule has 0 spiro atoms. The van der Waals surface area contributed by atoms with Crippen molar-refractivity contribution in [1.29, 1.82) is 0 Å². The molecule has 0 aromatic carbocycles. The summed E-state index contributed by atoms with van der Waals surface area (Å²) in [5, 5.41) is 9.55. The van der Waals surface area contributed by atoms with Crippen LogP contribution in [0.1, 0.15) is 0 Å². The van der Waals surface area contributed by atoms with Crippen LogP contribution in [0.15, 0.2) is 0 Å². The third-order valence-electron chi connectivity index (χ3n) is 0.773. The predicted octanol–water partition coefficient (Wildman–Crippen LogP) is 0.190. The Kier molecular flexibility index (Phi) is 6.11. The topological polar surface area (TPSA) is 62.2 Å².